The Hall–Kier alpha value is -1.49. The second-order valence-electron chi connectivity index (χ2n) is 4.79. The zero-order valence-electron chi connectivity index (χ0n) is 9.82. The Morgan fingerprint density at radius 3 is 2.44 bits per heavy atom. The molecule has 1 aromatic carbocycles. The predicted molar refractivity (Wildman–Crippen MR) is 66.2 cm³/mol. The summed E-state index contributed by atoms with van der Waals surface area (Å²) in [5, 5.41) is 9.34. The lowest BCUT2D eigenvalue weighted by Crippen LogP contribution is -2.32. The highest BCUT2D eigenvalue weighted by Crippen LogP contribution is 2.38. The molecule has 2 heteroatoms. The molecule has 0 amide bonds. The first kappa shape index (κ1) is 11.0. The summed E-state index contributed by atoms with van der Waals surface area (Å²) in [7, 11) is 2.08. The van der Waals surface area contributed by atoms with Gasteiger partial charge in [-0.05, 0) is 25.0 Å². The summed E-state index contributed by atoms with van der Waals surface area (Å²) in [6.45, 7) is 0.855. The Bertz CT molecular complexity index is 371. The van der Waals surface area contributed by atoms with E-state index in [4.69, 9.17) is 0 Å². The highest BCUT2D eigenvalue weighted by atomic mass is 15.1. The molecule has 0 saturated heterocycles. The summed E-state index contributed by atoms with van der Waals surface area (Å²) in [5.41, 5.74) is 1.09. The molecule has 84 valence electrons. The molecule has 2 nitrogen and oxygen atoms in total. The van der Waals surface area contributed by atoms with Crippen molar-refractivity contribution in [1.29, 1.82) is 5.26 Å². The average molecular weight is 214 g/mol. The minimum atomic E-state index is -0.107. The molecular weight excluding hydrogens is 196 g/mol. The van der Waals surface area contributed by atoms with Crippen LogP contribution < -0.4 is 4.90 Å². The summed E-state index contributed by atoms with van der Waals surface area (Å²) < 4.78 is 0. The number of rotatable bonds is 3. The number of anilines is 1. The van der Waals surface area contributed by atoms with E-state index in [1.54, 1.807) is 0 Å². The molecule has 0 aliphatic heterocycles. The SMILES string of the molecule is CN(CC1(C#N)CCCC1)c1ccccc1. The molecule has 0 atom stereocenters. The van der Waals surface area contributed by atoms with Crippen molar-refractivity contribution in [3.63, 3.8) is 0 Å². The molecule has 1 aliphatic carbocycles. The minimum absolute atomic E-state index is 0.107. The molecule has 1 fully saturated rings. The van der Waals surface area contributed by atoms with Crippen molar-refractivity contribution in [2.45, 2.75) is 25.7 Å². The van der Waals surface area contributed by atoms with Gasteiger partial charge in [0.05, 0.1) is 11.5 Å². The quantitative estimate of drug-likeness (QED) is 0.772. The van der Waals surface area contributed by atoms with Crippen molar-refractivity contribution in [2.24, 2.45) is 5.41 Å². The number of nitrogens with zero attached hydrogens (tertiary/aromatic N) is 2. The van der Waals surface area contributed by atoms with E-state index in [1.807, 2.05) is 18.2 Å². The predicted octanol–water partition coefficient (Wildman–Crippen LogP) is 3.21. The standard InChI is InChI=1S/C14H18N2/c1-16(13-7-3-2-4-8-13)12-14(11-15)9-5-6-10-14/h2-4,7-8H,5-6,9-10,12H2,1H3. The van der Waals surface area contributed by atoms with E-state index in [1.165, 1.54) is 18.5 Å². The zero-order chi connectivity index (χ0) is 11.4. The van der Waals surface area contributed by atoms with Crippen LogP contribution in [0.5, 0.6) is 0 Å². The fraction of sp³-hybridized carbons (Fsp3) is 0.500. The van der Waals surface area contributed by atoms with Crippen LogP contribution in [0.2, 0.25) is 0 Å². The molecule has 0 aromatic heterocycles. The van der Waals surface area contributed by atoms with Gasteiger partial charge in [-0.3, -0.25) is 0 Å². The summed E-state index contributed by atoms with van der Waals surface area (Å²) in [6.07, 6.45) is 4.52. The summed E-state index contributed by atoms with van der Waals surface area (Å²) in [4.78, 5) is 2.20. The van der Waals surface area contributed by atoms with Crippen LogP contribution in [0, 0.1) is 16.7 Å². The number of para-hydroxylation sites is 1. The Kier molecular flexibility index (Phi) is 3.14. The fourth-order valence-corrected chi connectivity index (χ4v) is 2.58. The van der Waals surface area contributed by atoms with E-state index < -0.39 is 0 Å². The highest BCUT2D eigenvalue weighted by Gasteiger charge is 2.35. The minimum Gasteiger partial charge on any atom is -0.373 e. The smallest absolute Gasteiger partial charge is 0.0748 e. The molecule has 0 N–H and O–H groups in total. The van der Waals surface area contributed by atoms with E-state index in [2.05, 4.69) is 30.1 Å². The third-order valence-corrected chi connectivity index (χ3v) is 3.53. The molecule has 1 aromatic rings. The zero-order valence-corrected chi connectivity index (χ0v) is 9.82. The van der Waals surface area contributed by atoms with Crippen molar-refractivity contribution < 1.29 is 0 Å². The first-order chi connectivity index (χ1) is 7.76. The highest BCUT2D eigenvalue weighted by molar-refractivity contribution is 5.45. The van der Waals surface area contributed by atoms with Crippen LogP contribution in [0.15, 0.2) is 30.3 Å². The third kappa shape index (κ3) is 2.19. The molecule has 0 heterocycles. The topological polar surface area (TPSA) is 27.0 Å². The fourth-order valence-electron chi connectivity index (χ4n) is 2.58. The second kappa shape index (κ2) is 4.57. The van der Waals surface area contributed by atoms with Crippen molar-refractivity contribution in [2.75, 3.05) is 18.5 Å². The normalized spacial score (nSPS) is 18.0. The maximum atomic E-state index is 9.34. The van der Waals surface area contributed by atoms with Crippen molar-refractivity contribution >= 4 is 5.69 Å². The van der Waals surface area contributed by atoms with Gasteiger partial charge in [0.25, 0.3) is 0 Å². The number of hydrogen-bond donors (Lipinski definition) is 0. The van der Waals surface area contributed by atoms with E-state index in [-0.39, 0.29) is 5.41 Å². The molecular formula is C14H18N2. The Morgan fingerprint density at radius 1 is 1.25 bits per heavy atom. The molecule has 0 bridgehead atoms. The van der Waals surface area contributed by atoms with Gasteiger partial charge in [-0.2, -0.15) is 5.26 Å². The van der Waals surface area contributed by atoms with Crippen LogP contribution in [-0.4, -0.2) is 13.6 Å². The number of hydrogen-bond acceptors (Lipinski definition) is 2. The Balaban J connectivity index is 2.07. The number of nitriles is 1. The van der Waals surface area contributed by atoms with Gasteiger partial charge in [0.15, 0.2) is 0 Å². The van der Waals surface area contributed by atoms with Gasteiger partial charge in [0.1, 0.15) is 0 Å². The van der Waals surface area contributed by atoms with Crippen molar-refractivity contribution in [1.82, 2.24) is 0 Å². The molecule has 0 radical (unpaired) electrons. The van der Waals surface area contributed by atoms with Gasteiger partial charge in [-0.25, -0.2) is 0 Å². The Morgan fingerprint density at radius 2 is 1.88 bits per heavy atom. The lowest BCUT2D eigenvalue weighted by Gasteiger charge is -2.28. The number of benzene rings is 1. The second-order valence-corrected chi connectivity index (χ2v) is 4.79. The monoisotopic (exact) mass is 214 g/mol. The van der Waals surface area contributed by atoms with Gasteiger partial charge >= 0.3 is 0 Å². The van der Waals surface area contributed by atoms with Crippen LogP contribution in [0.1, 0.15) is 25.7 Å². The first-order valence-electron chi connectivity index (χ1n) is 5.93. The first-order valence-corrected chi connectivity index (χ1v) is 5.93. The van der Waals surface area contributed by atoms with Crippen LogP contribution >= 0.6 is 0 Å². The van der Waals surface area contributed by atoms with E-state index in [0.29, 0.717) is 0 Å². The van der Waals surface area contributed by atoms with Gasteiger partial charge < -0.3 is 4.90 Å². The van der Waals surface area contributed by atoms with E-state index >= 15 is 0 Å². The lowest BCUT2D eigenvalue weighted by atomic mass is 9.87. The summed E-state index contributed by atoms with van der Waals surface area (Å²) in [5.74, 6) is 0. The van der Waals surface area contributed by atoms with Crippen molar-refractivity contribution in [3.8, 4) is 6.07 Å². The summed E-state index contributed by atoms with van der Waals surface area (Å²) >= 11 is 0. The van der Waals surface area contributed by atoms with Crippen LogP contribution in [0.4, 0.5) is 5.69 Å². The largest absolute Gasteiger partial charge is 0.373 e. The average Bonchev–Trinajstić information content (AvgIpc) is 2.79. The van der Waals surface area contributed by atoms with E-state index in [9.17, 15) is 5.26 Å². The van der Waals surface area contributed by atoms with Gasteiger partial charge in [-0.15, -0.1) is 0 Å². The lowest BCUT2D eigenvalue weighted by molar-refractivity contribution is 0.415. The van der Waals surface area contributed by atoms with Crippen LogP contribution in [0.3, 0.4) is 0 Å². The maximum absolute atomic E-state index is 9.34. The molecule has 0 spiro atoms. The van der Waals surface area contributed by atoms with Gasteiger partial charge in [0.2, 0.25) is 0 Å². The third-order valence-electron chi connectivity index (χ3n) is 3.53. The van der Waals surface area contributed by atoms with E-state index in [0.717, 1.165) is 19.4 Å². The molecule has 0 unspecified atom stereocenters. The molecule has 2 rings (SSSR count). The summed E-state index contributed by atoms with van der Waals surface area (Å²) in [6, 6.07) is 12.8. The van der Waals surface area contributed by atoms with Gasteiger partial charge in [-0.1, -0.05) is 31.0 Å². The van der Waals surface area contributed by atoms with Crippen LogP contribution in [-0.2, 0) is 0 Å². The maximum Gasteiger partial charge on any atom is 0.0748 e. The van der Waals surface area contributed by atoms with Crippen molar-refractivity contribution in [3.05, 3.63) is 30.3 Å². The molecule has 16 heavy (non-hydrogen) atoms. The van der Waals surface area contributed by atoms with Crippen LogP contribution in [0.25, 0.3) is 0 Å². The molecule has 1 saturated carbocycles. The van der Waals surface area contributed by atoms with Gasteiger partial charge in [0, 0.05) is 19.3 Å². The molecule has 1 aliphatic rings. The Labute approximate surface area is 97.5 Å².